The molecule has 0 aromatic carbocycles. The van der Waals surface area contributed by atoms with Gasteiger partial charge in [0.1, 0.15) is 9.99 Å². The Bertz CT molecular complexity index is 306. The van der Waals surface area contributed by atoms with Crippen LogP contribution in [-0.2, 0) is 0 Å². The molecule has 4 heteroatoms. The Hall–Kier alpha value is -0.610. The maximum atomic E-state index is 5.22. The second kappa shape index (κ2) is 3.03. The molecule has 1 N–H and O–H groups in total. The summed E-state index contributed by atoms with van der Waals surface area (Å²) in [6, 6.07) is 2.08. The summed E-state index contributed by atoms with van der Waals surface area (Å²) in [5, 5.41) is 6.58. The maximum Gasteiger partial charge on any atom is 0.109 e. The fourth-order valence-electron chi connectivity index (χ4n) is 1.30. The highest BCUT2D eigenvalue weighted by Gasteiger charge is 2.15. The van der Waals surface area contributed by atoms with Crippen LogP contribution in [0.15, 0.2) is 11.4 Å². The van der Waals surface area contributed by atoms with Crippen molar-refractivity contribution in [3.63, 3.8) is 0 Å². The van der Waals surface area contributed by atoms with Crippen LogP contribution < -0.4 is 10.2 Å². The van der Waals surface area contributed by atoms with Crippen LogP contribution in [-0.4, -0.2) is 25.1 Å². The van der Waals surface area contributed by atoms with Crippen LogP contribution in [0.4, 0.5) is 5.00 Å². The average molecular weight is 198 g/mol. The number of fused-ring (bicyclic) bond motifs is 1. The number of nitrogens with zero attached hydrogens (tertiary/aromatic N) is 1. The van der Waals surface area contributed by atoms with Crippen molar-refractivity contribution < 1.29 is 0 Å². The molecule has 0 saturated heterocycles. The molecule has 0 spiro atoms. The average Bonchev–Trinajstić information content (AvgIpc) is 2.47. The van der Waals surface area contributed by atoms with Crippen molar-refractivity contribution in [3.05, 3.63) is 17.0 Å². The summed E-state index contributed by atoms with van der Waals surface area (Å²) in [6.45, 7) is 1.96. The van der Waals surface area contributed by atoms with Crippen LogP contribution >= 0.6 is 23.6 Å². The lowest BCUT2D eigenvalue weighted by Gasteiger charge is -2.14. The van der Waals surface area contributed by atoms with Crippen molar-refractivity contribution in [1.29, 1.82) is 0 Å². The van der Waals surface area contributed by atoms with Gasteiger partial charge in [0.25, 0.3) is 0 Å². The van der Waals surface area contributed by atoms with E-state index in [0.29, 0.717) is 0 Å². The van der Waals surface area contributed by atoms with E-state index in [1.807, 2.05) is 0 Å². The van der Waals surface area contributed by atoms with Crippen molar-refractivity contribution in [2.45, 2.75) is 0 Å². The van der Waals surface area contributed by atoms with Crippen molar-refractivity contribution in [2.24, 2.45) is 0 Å². The molecule has 64 valence electrons. The van der Waals surface area contributed by atoms with E-state index in [0.717, 1.165) is 18.1 Å². The molecule has 0 atom stereocenters. The molecule has 1 aliphatic heterocycles. The Morgan fingerprint density at radius 3 is 3.33 bits per heavy atom. The van der Waals surface area contributed by atoms with Gasteiger partial charge in [0, 0.05) is 25.7 Å². The molecular formula is C8H10N2S2. The molecule has 2 nitrogen and oxygen atoms in total. The summed E-state index contributed by atoms with van der Waals surface area (Å²) in [7, 11) is 2.10. The monoisotopic (exact) mass is 198 g/mol. The highest BCUT2D eigenvalue weighted by Crippen LogP contribution is 2.27. The van der Waals surface area contributed by atoms with E-state index in [-0.39, 0.29) is 0 Å². The Morgan fingerprint density at radius 1 is 1.67 bits per heavy atom. The minimum atomic E-state index is 0.885. The minimum Gasteiger partial charge on any atom is -0.374 e. The lowest BCUT2D eigenvalue weighted by atomic mass is 10.3. The van der Waals surface area contributed by atoms with Gasteiger partial charge in [-0.3, -0.25) is 0 Å². The van der Waals surface area contributed by atoms with E-state index in [4.69, 9.17) is 12.2 Å². The fourth-order valence-corrected chi connectivity index (χ4v) is 2.54. The molecule has 0 bridgehead atoms. The topological polar surface area (TPSA) is 15.3 Å². The third kappa shape index (κ3) is 1.21. The summed E-state index contributed by atoms with van der Waals surface area (Å²) < 4.78 is 0. The molecular weight excluding hydrogens is 188 g/mol. The summed E-state index contributed by atoms with van der Waals surface area (Å²) in [5.41, 5.74) is 1.18. The van der Waals surface area contributed by atoms with Gasteiger partial charge in [0.2, 0.25) is 0 Å². The van der Waals surface area contributed by atoms with E-state index >= 15 is 0 Å². The number of nitrogens with one attached hydrogen (secondary N) is 1. The molecule has 0 aliphatic carbocycles. The van der Waals surface area contributed by atoms with Gasteiger partial charge in [-0.15, -0.1) is 11.3 Å². The van der Waals surface area contributed by atoms with Gasteiger partial charge in [0.15, 0.2) is 0 Å². The van der Waals surface area contributed by atoms with Gasteiger partial charge in [0.05, 0.1) is 0 Å². The van der Waals surface area contributed by atoms with E-state index in [9.17, 15) is 0 Å². The number of likely N-dealkylation sites (N-methyl/N-ethyl adjacent to an activating group) is 1. The number of hydrogen-bond donors (Lipinski definition) is 1. The standard InChI is InChI=1S/C8H10N2S2/c1-10-4-3-9-7(11)6-2-5-12-8(6)10/h2,5H,3-4H2,1H3,(H,9,11). The second-order valence-corrected chi connectivity index (χ2v) is 4.12. The predicted molar refractivity (Wildman–Crippen MR) is 57.3 cm³/mol. The number of hydrogen-bond acceptors (Lipinski definition) is 3. The first-order valence-electron chi connectivity index (χ1n) is 3.86. The third-order valence-electron chi connectivity index (χ3n) is 1.97. The Kier molecular flexibility index (Phi) is 2.02. The van der Waals surface area contributed by atoms with Crippen LogP contribution in [0.25, 0.3) is 0 Å². The van der Waals surface area contributed by atoms with E-state index in [1.165, 1.54) is 10.6 Å². The Labute approximate surface area is 81.2 Å². The van der Waals surface area contributed by atoms with Gasteiger partial charge in [-0.05, 0) is 11.4 Å². The number of anilines is 1. The van der Waals surface area contributed by atoms with Gasteiger partial charge in [-0.25, -0.2) is 0 Å². The van der Waals surface area contributed by atoms with Crippen LogP contribution in [0, 0.1) is 0 Å². The van der Waals surface area contributed by atoms with Crippen LogP contribution in [0.1, 0.15) is 5.56 Å². The molecule has 0 fully saturated rings. The molecule has 1 aromatic rings. The van der Waals surface area contributed by atoms with Crippen LogP contribution in [0.2, 0.25) is 0 Å². The SMILES string of the molecule is CN1CCNC(=S)c2ccsc21. The van der Waals surface area contributed by atoms with E-state index < -0.39 is 0 Å². The van der Waals surface area contributed by atoms with E-state index in [2.05, 4.69) is 28.7 Å². The molecule has 0 radical (unpaired) electrons. The number of rotatable bonds is 0. The fraction of sp³-hybridized carbons (Fsp3) is 0.375. The highest BCUT2D eigenvalue weighted by atomic mass is 32.1. The first-order chi connectivity index (χ1) is 5.79. The smallest absolute Gasteiger partial charge is 0.109 e. The molecule has 12 heavy (non-hydrogen) atoms. The molecule has 2 heterocycles. The highest BCUT2D eigenvalue weighted by molar-refractivity contribution is 7.80. The lowest BCUT2D eigenvalue weighted by Crippen LogP contribution is -2.26. The molecule has 2 rings (SSSR count). The lowest BCUT2D eigenvalue weighted by molar-refractivity contribution is 0.847. The maximum absolute atomic E-state index is 5.22. The van der Waals surface area contributed by atoms with Gasteiger partial charge >= 0.3 is 0 Å². The van der Waals surface area contributed by atoms with Crippen molar-refractivity contribution in [2.75, 3.05) is 25.0 Å². The Balaban J connectivity index is 2.45. The molecule has 0 saturated carbocycles. The Morgan fingerprint density at radius 2 is 2.50 bits per heavy atom. The first kappa shape index (κ1) is 8.01. The second-order valence-electron chi connectivity index (χ2n) is 2.82. The first-order valence-corrected chi connectivity index (χ1v) is 5.14. The number of thiocarbonyl (C=S) groups is 1. The third-order valence-corrected chi connectivity index (χ3v) is 3.36. The van der Waals surface area contributed by atoms with Gasteiger partial charge < -0.3 is 10.2 Å². The molecule has 1 aliphatic rings. The van der Waals surface area contributed by atoms with Crippen LogP contribution in [0.5, 0.6) is 0 Å². The summed E-state index contributed by atoms with van der Waals surface area (Å²) >= 11 is 6.97. The predicted octanol–water partition coefficient (Wildman–Crippen LogP) is 1.46. The zero-order chi connectivity index (χ0) is 8.55. The summed E-state index contributed by atoms with van der Waals surface area (Å²) in [5.74, 6) is 0. The molecule has 0 amide bonds. The van der Waals surface area contributed by atoms with E-state index in [1.54, 1.807) is 11.3 Å². The van der Waals surface area contributed by atoms with Crippen molar-refractivity contribution in [3.8, 4) is 0 Å². The zero-order valence-corrected chi connectivity index (χ0v) is 8.47. The van der Waals surface area contributed by atoms with Crippen LogP contribution in [0.3, 0.4) is 0 Å². The quantitative estimate of drug-likeness (QED) is 0.635. The zero-order valence-electron chi connectivity index (χ0n) is 6.83. The normalized spacial score (nSPS) is 16.8. The summed E-state index contributed by atoms with van der Waals surface area (Å²) in [6.07, 6.45) is 0. The number of thiophene rings is 1. The summed E-state index contributed by atoms with van der Waals surface area (Å²) in [4.78, 5) is 3.13. The molecule has 0 unspecified atom stereocenters. The van der Waals surface area contributed by atoms with Gasteiger partial charge in [-0.1, -0.05) is 12.2 Å². The van der Waals surface area contributed by atoms with Crippen molar-refractivity contribution >= 4 is 33.5 Å². The van der Waals surface area contributed by atoms with Gasteiger partial charge in [-0.2, -0.15) is 0 Å². The largest absolute Gasteiger partial charge is 0.374 e. The van der Waals surface area contributed by atoms with Crippen molar-refractivity contribution in [1.82, 2.24) is 5.32 Å². The minimum absolute atomic E-state index is 0.885. The molecule has 1 aromatic heterocycles.